The van der Waals surface area contributed by atoms with Crippen molar-refractivity contribution in [2.45, 2.75) is 31.5 Å². The van der Waals surface area contributed by atoms with Crippen molar-refractivity contribution in [1.82, 2.24) is 19.7 Å². The largest absolute Gasteiger partial charge is 0.473 e. The fourth-order valence-electron chi connectivity index (χ4n) is 3.52. The predicted octanol–water partition coefficient (Wildman–Crippen LogP) is 2.03. The molecule has 4 heterocycles. The van der Waals surface area contributed by atoms with E-state index in [2.05, 4.69) is 15.0 Å². The second kappa shape index (κ2) is 6.86. The van der Waals surface area contributed by atoms with Gasteiger partial charge >= 0.3 is 0 Å². The van der Waals surface area contributed by atoms with Gasteiger partial charge in [-0.3, -0.25) is 9.58 Å². The molecule has 6 nitrogen and oxygen atoms in total. The number of ether oxygens (including phenoxy) is 2. The Hall–Kier alpha value is -1.99. The summed E-state index contributed by atoms with van der Waals surface area (Å²) in [7, 11) is 0. The van der Waals surface area contributed by atoms with Crippen molar-refractivity contribution in [2.75, 3.05) is 26.4 Å². The van der Waals surface area contributed by atoms with Gasteiger partial charge < -0.3 is 9.47 Å². The van der Waals surface area contributed by atoms with E-state index >= 15 is 0 Å². The third-order valence-electron chi connectivity index (χ3n) is 4.75. The quantitative estimate of drug-likeness (QED) is 0.857. The molecule has 1 atom stereocenters. The van der Waals surface area contributed by atoms with E-state index in [-0.39, 0.29) is 11.9 Å². The molecular formula is C17H21FN4O2. The fourth-order valence-corrected chi connectivity index (χ4v) is 3.52. The third kappa shape index (κ3) is 3.14. The number of hydrogen-bond donors (Lipinski definition) is 0. The first-order valence-corrected chi connectivity index (χ1v) is 8.39. The van der Waals surface area contributed by atoms with Crippen molar-refractivity contribution in [2.24, 2.45) is 0 Å². The van der Waals surface area contributed by atoms with E-state index < -0.39 is 5.82 Å². The number of nitrogens with zero attached hydrogens (tertiary/aromatic N) is 4. The van der Waals surface area contributed by atoms with Crippen LogP contribution >= 0.6 is 0 Å². The van der Waals surface area contributed by atoms with Crippen LogP contribution in [0.2, 0.25) is 0 Å². The summed E-state index contributed by atoms with van der Waals surface area (Å²) in [5.41, 5.74) is 1.17. The highest BCUT2D eigenvalue weighted by Gasteiger charge is 2.31. The molecular weight excluding hydrogens is 311 g/mol. The standard InChI is InChI=1S/C17H21FN4O2/c18-16-2-1-6-19-17(16)24-12-15-11-21(13-4-8-23-9-5-13)10-14-3-7-20-22(14)15/h1-3,6-7,13,15H,4-5,8-12H2. The van der Waals surface area contributed by atoms with Crippen LogP contribution in [-0.4, -0.2) is 52.1 Å². The maximum atomic E-state index is 13.7. The van der Waals surface area contributed by atoms with Gasteiger partial charge in [-0.1, -0.05) is 0 Å². The minimum Gasteiger partial charge on any atom is -0.473 e. The molecule has 128 valence electrons. The Labute approximate surface area is 140 Å². The topological polar surface area (TPSA) is 52.4 Å². The zero-order valence-corrected chi connectivity index (χ0v) is 13.5. The maximum Gasteiger partial charge on any atom is 0.250 e. The van der Waals surface area contributed by atoms with Crippen LogP contribution in [0.4, 0.5) is 4.39 Å². The van der Waals surface area contributed by atoms with Crippen LogP contribution in [0.25, 0.3) is 0 Å². The monoisotopic (exact) mass is 332 g/mol. The van der Waals surface area contributed by atoms with Gasteiger partial charge in [0.05, 0.1) is 11.7 Å². The van der Waals surface area contributed by atoms with Crippen molar-refractivity contribution in [3.8, 4) is 5.88 Å². The first kappa shape index (κ1) is 15.5. The van der Waals surface area contributed by atoms with Gasteiger partial charge in [0.25, 0.3) is 0 Å². The molecule has 1 fully saturated rings. The Bertz CT molecular complexity index is 687. The summed E-state index contributed by atoms with van der Waals surface area (Å²) in [5, 5.41) is 4.42. The first-order chi connectivity index (χ1) is 11.8. The summed E-state index contributed by atoms with van der Waals surface area (Å²) >= 11 is 0. The molecule has 0 spiro atoms. The molecule has 0 radical (unpaired) electrons. The molecule has 24 heavy (non-hydrogen) atoms. The zero-order chi connectivity index (χ0) is 16.4. The van der Waals surface area contributed by atoms with Gasteiger partial charge in [0, 0.05) is 44.7 Å². The van der Waals surface area contributed by atoms with Crippen molar-refractivity contribution >= 4 is 0 Å². The number of rotatable bonds is 4. The molecule has 2 aromatic heterocycles. The summed E-state index contributed by atoms with van der Waals surface area (Å²) < 4.78 is 26.8. The molecule has 0 aliphatic carbocycles. The minimum absolute atomic E-state index is 0.0491. The second-order valence-electron chi connectivity index (χ2n) is 6.30. The van der Waals surface area contributed by atoms with E-state index in [1.165, 1.54) is 18.0 Å². The highest BCUT2D eigenvalue weighted by Crippen LogP contribution is 2.26. The van der Waals surface area contributed by atoms with Crippen LogP contribution in [0.5, 0.6) is 5.88 Å². The SMILES string of the molecule is Fc1cccnc1OCC1CN(C2CCOCC2)Cc2ccnn21. The number of halogens is 1. The number of hydrogen-bond acceptors (Lipinski definition) is 5. The van der Waals surface area contributed by atoms with E-state index in [1.807, 2.05) is 16.9 Å². The van der Waals surface area contributed by atoms with Crippen LogP contribution in [0.1, 0.15) is 24.6 Å². The predicted molar refractivity (Wildman–Crippen MR) is 85.2 cm³/mol. The fraction of sp³-hybridized carbons (Fsp3) is 0.529. The lowest BCUT2D eigenvalue weighted by Crippen LogP contribution is -2.47. The van der Waals surface area contributed by atoms with Gasteiger partial charge in [-0.2, -0.15) is 5.10 Å². The van der Waals surface area contributed by atoms with Crippen molar-refractivity contribution in [3.05, 3.63) is 42.1 Å². The highest BCUT2D eigenvalue weighted by atomic mass is 19.1. The Morgan fingerprint density at radius 2 is 2.12 bits per heavy atom. The van der Waals surface area contributed by atoms with Crippen LogP contribution in [0.15, 0.2) is 30.6 Å². The van der Waals surface area contributed by atoms with Gasteiger partial charge in [0.2, 0.25) is 5.88 Å². The zero-order valence-electron chi connectivity index (χ0n) is 13.5. The van der Waals surface area contributed by atoms with Gasteiger partial charge in [-0.15, -0.1) is 0 Å². The summed E-state index contributed by atoms with van der Waals surface area (Å²) in [6.45, 7) is 3.72. The summed E-state index contributed by atoms with van der Waals surface area (Å²) in [6, 6.07) is 5.53. The molecule has 4 rings (SSSR count). The normalized spacial score (nSPS) is 22.3. The van der Waals surface area contributed by atoms with Crippen molar-refractivity contribution in [1.29, 1.82) is 0 Å². The minimum atomic E-state index is -0.435. The number of fused-ring (bicyclic) bond motifs is 1. The van der Waals surface area contributed by atoms with Gasteiger partial charge in [0.1, 0.15) is 6.61 Å². The molecule has 0 aromatic carbocycles. The Morgan fingerprint density at radius 1 is 1.25 bits per heavy atom. The van der Waals surface area contributed by atoms with Crippen LogP contribution in [0.3, 0.4) is 0 Å². The Kier molecular flexibility index (Phi) is 4.44. The number of aromatic nitrogens is 3. The van der Waals surface area contributed by atoms with E-state index in [0.717, 1.165) is 39.1 Å². The van der Waals surface area contributed by atoms with Crippen LogP contribution < -0.4 is 4.74 Å². The molecule has 1 saturated heterocycles. The van der Waals surface area contributed by atoms with E-state index in [1.54, 1.807) is 6.07 Å². The second-order valence-corrected chi connectivity index (χ2v) is 6.30. The lowest BCUT2D eigenvalue weighted by atomic mass is 10.0. The first-order valence-electron chi connectivity index (χ1n) is 8.39. The summed E-state index contributed by atoms with van der Waals surface area (Å²) in [4.78, 5) is 6.43. The molecule has 2 aliphatic heterocycles. The lowest BCUT2D eigenvalue weighted by molar-refractivity contribution is 0.0116. The van der Waals surface area contributed by atoms with Crippen LogP contribution in [0, 0.1) is 5.82 Å². The van der Waals surface area contributed by atoms with Gasteiger partial charge in [-0.25, -0.2) is 9.37 Å². The molecule has 0 N–H and O–H groups in total. The average molecular weight is 332 g/mol. The molecule has 0 saturated carbocycles. The molecule has 2 aliphatic rings. The van der Waals surface area contributed by atoms with E-state index in [0.29, 0.717) is 12.6 Å². The molecule has 0 bridgehead atoms. The van der Waals surface area contributed by atoms with Crippen LogP contribution in [-0.2, 0) is 11.3 Å². The molecule has 7 heteroatoms. The van der Waals surface area contributed by atoms with Crippen molar-refractivity contribution in [3.63, 3.8) is 0 Å². The summed E-state index contributed by atoms with van der Waals surface area (Å²) in [6.07, 6.45) is 5.46. The summed E-state index contributed by atoms with van der Waals surface area (Å²) in [5.74, 6) is -0.385. The van der Waals surface area contributed by atoms with E-state index in [4.69, 9.17) is 9.47 Å². The molecule has 0 amide bonds. The number of pyridine rings is 1. The average Bonchev–Trinajstić information content (AvgIpc) is 3.10. The highest BCUT2D eigenvalue weighted by molar-refractivity contribution is 5.13. The Balaban J connectivity index is 1.48. The smallest absolute Gasteiger partial charge is 0.250 e. The Morgan fingerprint density at radius 3 is 2.96 bits per heavy atom. The van der Waals surface area contributed by atoms with Crippen molar-refractivity contribution < 1.29 is 13.9 Å². The van der Waals surface area contributed by atoms with E-state index in [9.17, 15) is 4.39 Å². The maximum absolute atomic E-state index is 13.7. The molecule has 1 unspecified atom stereocenters. The van der Waals surface area contributed by atoms with Gasteiger partial charge in [0.15, 0.2) is 5.82 Å². The van der Waals surface area contributed by atoms with Gasteiger partial charge in [-0.05, 0) is 31.0 Å². The lowest BCUT2D eigenvalue weighted by Gasteiger charge is -2.40. The molecule has 2 aromatic rings. The third-order valence-corrected chi connectivity index (χ3v) is 4.75.